The predicted molar refractivity (Wildman–Crippen MR) is 85.0 cm³/mol. The Bertz CT molecular complexity index is 406. The van der Waals surface area contributed by atoms with Crippen LogP contribution in [0.5, 0.6) is 0 Å². The number of nitrogens with one attached hydrogen (secondary N) is 1. The van der Waals surface area contributed by atoms with Gasteiger partial charge in [0, 0.05) is 6.54 Å². The highest BCUT2D eigenvalue weighted by molar-refractivity contribution is 5.33. The summed E-state index contributed by atoms with van der Waals surface area (Å²) in [5, 5.41) is 3.64. The van der Waals surface area contributed by atoms with E-state index in [1.165, 1.54) is 63.7 Å². The van der Waals surface area contributed by atoms with Crippen LogP contribution in [0.4, 0.5) is 0 Å². The van der Waals surface area contributed by atoms with Crippen molar-refractivity contribution >= 4 is 0 Å². The molecule has 2 aliphatic rings. The van der Waals surface area contributed by atoms with E-state index in [1.54, 1.807) is 5.56 Å². The van der Waals surface area contributed by atoms with E-state index < -0.39 is 0 Å². The van der Waals surface area contributed by atoms with Crippen molar-refractivity contribution in [3.63, 3.8) is 0 Å². The van der Waals surface area contributed by atoms with Crippen molar-refractivity contribution in [3.05, 3.63) is 35.4 Å². The number of hydrogen-bond acceptors (Lipinski definition) is 2. The zero-order valence-electron chi connectivity index (χ0n) is 12.6. The molecule has 0 aromatic heterocycles. The van der Waals surface area contributed by atoms with Gasteiger partial charge in [-0.2, -0.15) is 0 Å². The van der Waals surface area contributed by atoms with Crippen LogP contribution in [0.1, 0.15) is 55.6 Å². The Morgan fingerprint density at radius 2 is 1.85 bits per heavy atom. The molecule has 0 radical (unpaired) electrons. The molecule has 0 unspecified atom stereocenters. The van der Waals surface area contributed by atoms with Crippen molar-refractivity contribution < 1.29 is 0 Å². The van der Waals surface area contributed by atoms with Gasteiger partial charge in [0.15, 0.2) is 0 Å². The average Bonchev–Trinajstić information content (AvgIpc) is 3.33. The van der Waals surface area contributed by atoms with Crippen LogP contribution in [0.25, 0.3) is 0 Å². The molecule has 2 heteroatoms. The third-order valence-corrected chi connectivity index (χ3v) is 4.66. The highest BCUT2D eigenvalue weighted by Crippen LogP contribution is 2.41. The van der Waals surface area contributed by atoms with Crippen LogP contribution < -0.4 is 5.32 Å². The third kappa shape index (κ3) is 4.07. The molecular weight excluding hydrogens is 244 g/mol. The lowest BCUT2D eigenvalue weighted by Crippen LogP contribution is -2.32. The van der Waals surface area contributed by atoms with E-state index >= 15 is 0 Å². The summed E-state index contributed by atoms with van der Waals surface area (Å²) in [7, 11) is 0. The Kier molecular flexibility index (Phi) is 5.10. The van der Waals surface area contributed by atoms with Crippen molar-refractivity contribution in [2.45, 2.75) is 51.0 Å². The maximum Gasteiger partial charge on any atom is 0.0208 e. The Morgan fingerprint density at radius 1 is 1.05 bits per heavy atom. The lowest BCUT2D eigenvalue weighted by Gasteiger charge is -2.26. The molecular formula is C18H28N2. The molecule has 110 valence electrons. The highest BCUT2D eigenvalue weighted by atomic mass is 15.1. The molecule has 1 aliphatic carbocycles. The summed E-state index contributed by atoms with van der Waals surface area (Å²) in [5.74, 6) is 0.862. The molecule has 1 heterocycles. The summed E-state index contributed by atoms with van der Waals surface area (Å²) in [6, 6.07) is 8.98. The van der Waals surface area contributed by atoms with Gasteiger partial charge in [-0.1, -0.05) is 30.7 Å². The lowest BCUT2D eigenvalue weighted by atomic mass is 10.0. The Morgan fingerprint density at radius 3 is 2.65 bits per heavy atom. The highest BCUT2D eigenvalue weighted by Gasteiger charge is 2.25. The van der Waals surface area contributed by atoms with Crippen LogP contribution in [0.15, 0.2) is 24.3 Å². The molecule has 1 aromatic carbocycles. The van der Waals surface area contributed by atoms with Gasteiger partial charge in [0.1, 0.15) is 0 Å². The third-order valence-electron chi connectivity index (χ3n) is 4.66. The summed E-state index contributed by atoms with van der Waals surface area (Å²) in [5.41, 5.74) is 3.11. The number of hydrogen-bond donors (Lipinski definition) is 1. The molecule has 0 amide bonds. The van der Waals surface area contributed by atoms with E-state index in [0.717, 1.165) is 19.0 Å². The van der Waals surface area contributed by atoms with Gasteiger partial charge >= 0.3 is 0 Å². The van der Waals surface area contributed by atoms with Crippen molar-refractivity contribution in [2.75, 3.05) is 26.2 Å². The molecule has 0 atom stereocenters. The Balaban J connectivity index is 1.35. The number of likely N-dealkylation sites (tertiary alicyclic amines) is 1. The van der Waals surface area contributed by atoms with Crippen molar-refractivity contribution in [3.8, 4) is 0 Å². The molecule has 3 rings (SSSR count). The van der Waals surface area contributed by atoms with Gasteiger partial charge < -0.3 is 10.2 Å². The fraction of sp³-hybridized carbons (Fsp3) is 0.667. The normalized spacial score (nSPS) is 20.2. The number of piperidine rings is 1. The van der Waals surface area contributed by atoms with Crippen LogP contribution in [0.3, 0.4) is 0 Å². The molecule has 2 nitrogen and oxygen atoms in total. The summed E-state index contributed by atoms with van der Waals surface area (Å²) in [4.78, 5) is 2.63. The van der Waals surface area contributed by atoms with Crippen molar-refractivity contribution in [1.29, 1.82) is 0 Å². The Labute approximate surface area is 123 Å². The molecule has 1 saturated carbocycles. The van der Waals surface area contributed by atoms with Crippen LogP contribution >= 0.6 is 0 Å². The molecule has 1 aliphatic heterocycles. The van der Waals surface area contributed by atoms with Crippen LogP contribution in [0.2, 0.25) is 0 Å². The predicted octanol–water partition coefficient (Wildman–Crippen LogP) is 3.53. The monoisotopic (exact) mass is 272 g/mol. The second-order valence-corrected chi connectivity index (χ2v) is 6.41. The van der Waals surface area contributed by atoms with Gasteiger partial charge in [-0.25, -0.2) is 0 Å². The summed E-state index contributed by atoms with van der Waals surface area (Å²) in [6.45, 7) is 6.12. The minimum absolute atomic E-state index is 0.862. The summed E-state index contributed by atoms with van der Waals surface area (Å²) >= 11 is 0. The smallest absolute Gasteiger partial charge is 0.0208 e. The topological polar surface area (TPSA) is 15.3 Å². The fourth-order valence-corrected chi connectivity index (χ4v) is 3.32. The number of benzene rings is 1. The molecule has 1 saturated heterocycles. The molecule has 0 bridgehead atoms. The van der Waals surface area contributed by atoms with Gasteiger partial charge in [-0.3, -0.25) is 0 Å². The largest absolute Gasteiger partial charge is 0.313 e. The summed E-state index contributed by atoms with van der Waals surface area (Å²) < 4.78 is 0. The maximum absolute atomic E-state index is 3.64. The molecule has 1 N–H and O–H groups in total. The quantitative estimate of drug-likeness (QED) is 0.764. The standard InChI is InChI=1S/C18H28N2/c1-4-12-20(13-5-1)14-6-11-19-15-17-7-2-3-8-18(17)16-9-10-16/h2-3,7-8,16,19H,1,4-6,9-15H2. The van der Waals surface area contributed by atoms with Crippen molar-refractivity contribution in [1.82, 2.24) is 10.2 Å². The van der Waals surface area contributed by atoms with E-state index in [4.69, 9.17) is 0 Å². The maximum atomic E-state index is 3.64. The second kappa shape index (κ2) is 7.24. The van der Waals surface area contributed by atoms with Crippen LogP contribution in [-0.2, 0) is 6.54 Å². The van der Waals surface area contributed by atoms with Gasteiger partial charge in [-0.05, 0) is 75.3 Å². The minimum atomic E-state index is 0.862. The van der Waals surface area contributed by atoms with E-state index in [9.17, 15) is 0 Å². The van der Waals surface area contributed by atoms with Gasteiger partial charge in [0.2, 0.25) is 0 Å². The molecule has 20 heavy (non-hydrogen) atoms. The van der Waals surface area contributed by atoms with Crippen LogP contribution in [-0.4, -0.2) is 31.1 Å². The Hall–Kier alpha value is -0.860. The molecule has 1 aromatic rings. The molecule has 0 spiro atoms. The summed E-state index contributed by atoms with van der Waals surface area (Å²) in [6.07, 6.45) is 8.32. The zero-order chi connectivity index (χ0) is 13.6. The first kappa shape index (κ1) is 14.1. The second-order valence-electron chi connectivity index (χ2n) is 6.41. The first-order valence-corrected chi connectivity index (χ1v) is 8.44. The van der Waals surface area contributed by atoms with E-state index in [2.05, 4.69) is 34.5 Å². The van der Waals surface area contributed by atoms with E-state index in [-0.39, 0.29) is 0 Å². The molecule has 2 fully saturated rings. The van der Waals surface area contributed by atoms with Gasteiger partial charge in [0.05, 0.1) is 0 Å². The van der Waals surface area contributed by atoms with Crippen LogP contribution in [0, 0.1) is 0 Å². The lowest BCUT2D eigenvalue weighted by molar-refractivity contribution is 0.225. The SMILES string of the molecule is c1ccc(C2CC2)c(CNCCCN2CCCCC2)c1. The number of rotatable bonds is 7. The first-order valence-electron chi connectivity index (χ1n) is 8.44. The minimum Gasteiger partial charge on any atom is -0.313 e. The van der Waals surface area contributed by atoms with Crippen molar-refractivity contribution in [2.24, 2.45) is 0 Å². The zero-order valence-corrected chi connectivity index (χ0v) is 12.6. The number of nitrogens with zero attached hydrogens (tertiary/aromatic N) is 1. The van der Waals surface area contributed by atoms with Gasteiger partial charge in [0.25, 0.3) is 0 Å². The van der Waals surface area contributed by atoms with Gasteiger partial charge in [-0.15, -0.1) is 0 Å². The van der Waals surface area contributed by atoms with E-state index in [1.807, 2.05) is 0 Å². The average molecular weight is 272 g/mol. The first-order chi connectivity index (χ1) is 9.93. The fourth-order valence-electron chi connectivity index (χ4n) is 3.32. The van der Waals surface area contributed by atoms with E-state index in [0.29, 0.717) is 0 Å².